The van der Waals surface area contributed by atoms with Crippen LogP contribution in [0.1, 0.15) is 12.1 Å². The van der Waals surface area contributed by atoms with Crippen molar-refractivity contribution < 1.29 is 14.3 Å². The summed E-state index contributed by atoms with van der Waals surface area (Å²) in [7, 11) is 7.23. The van der Waals surface area contributed by atoms with Crippen molar-refractivity contribution in [3.05, 3.63) is 23.9 Å². The number of likely N-dealkylation sites (N-methyl/N-ethyl adjacent to an activating group) is 2. The average Bonchev–Trinajstić information content (AvgIpc) is 2.87. The van der Waals surface area contributed by atoms with E-state index in [1.54, 1.807) is 25.2 Å². The smallest absolute Gasteiger partial charge is 0.228 e. The maximum Gasteiger partial charge on any atom is 0.228 e. The first-order chi connectivity index (χ1) is 10.5. The molecule has 1 aromatic heterocycles. The molecule has 1 aliphatic heterocycles. The summed E-state index contributed by atoms with van der Waals surface area (Å²) in [6, 6.07) is 5.81. The number of nitrogens with zero attached hydrogens (tertiary/aromatic N) is 3. The topological polar surface area (TPSA) is 54.9 Å². The third-order valence-corrected chi connectivity index (χ3v) is 4.22. The molecule has 0 saturated carbocycles. The molecule has 2 rings (SSSR count). The summed E-state index contributed by atoms with van der Waals surface area (Å²) in [6.45, 7) is 1.62. The van der Waals surface area contributed by atoms with E-state index >= 15 is 0 Å². The van der Waals surface area contributed by atoms with Gasteiger partial charge in [0.1, 0.15) is 0 Å². The summed E-state index contributed by atoms with van der Waals surface area (Å²) in [5.41, 5.74) is 0.728. The molecule has 1 aromatic rings. The minimum absolute atomic E-state index is 0.0648. The lowest BCUT2D eigenvalue weighted by atomic mass is 10.1. The summed E-state index contributed by atoms with van der Waals surface area (Å²) in [5, 5.41) is 0. The molecule has 6 nitrogen and oxygen atoms in total. The van der Waals surface area contributed by atoms with Gasteiger partial charge < -0.3 is 14.4 Å². The van der Waals surface area contributed by atoms with Gasteiger partial charge in [0, 0.05) is 39.4 Å². The van der Waals surface area contributed by atoms with Crippen LogP contribution in [0.5, 0.6) is 5.88 Å². The van der Waals surface area contributed by atoms with Crippen LogP contribution in [0.25, 0.3) is 0 Å². The summed E-state index contributed by atoms with van der Waals surface area (Å²) in [6.07, 6.45) is 1.51. The van der Waals surface area contributed by atoms with Crippen molar-refractivity contribution in [2.24, 2.45) is 0 Å². The van der Waals surface area contributed by atoms with Gasteiger partial charge in [-0.3, -0.25) is 9.69 Å². The highest BCUT2D eigenvalue weighted by Crippen LogP contribution is 2.19. The number of hydrogen-bond acceptors (Lipinski definition) is 5. The number of carbonyl (C=O) groups is 1. The quantitative estimate of drug-likeness (QED) is 0.778. The standard InChI is InChI=1S/C16H25N3O3/c1-18-11-14(21-3)9-13(18)10-19(2)16(20)8-12-6-5-7-15(17-12)22-4/h5-7,13-14H,8-11H2,1-4H3/t13-,14-/m0/s1. The second-order valence-corrected chi connectivity index (χ2v) is 5.81. The number of aromatic nitrogens is 1. The summed E-state index contributed by atoms with van der Waals surface area (Å²) < 4.78 is 10.5. The molecule has 2 heterocycles. The van der Waals surface area contributed by atoms with Crippen LogP contribution in [0.4, 0.5) is 0 Å². The molecule has 0 unspecified atom stereocenters. The molecule has 0 N–H and O–H groups in total. The molecule has 0 radical (unpaired) electrons. The number of pyridine rings is 1. The van der Waals surface area contributed by atoms with Gasteiger partial charge in [-0.1, -0.05) is 6.07 Å². The fourth-order valence-electron chi connectivity index (χ4n) is 2.79. The Labute approximate surface area is 132 Å². The van der Waals surface area contributed by atoms with E-state index < -0.39 is 0 Å². The van der Waals surface area contributed by atoms with E-state index in [1.165, 1.54) is 0 Å². The largest absolute Gasteiger partial charge is 0.481 e. The second kappa shape index (κ2) is 7.56. The number of hydrogen-bond donors (Lipinski definition) is 0. The average molecular weight is 307 g/mol. The predicted molar refractivity (Wildman–Crippen MR) is 84.0 cm³/mol. The van der Waals surface area contributed by atoms with E-state index in [0.717, 1.165) is 18.7 Å². The van der Waals surface area contributed by atoms with E-state index in [1.807, 2.05) is 19.2 Å². The number of ether oxygens (including phenoxy) is 2. The van der Waals surface area contributed by atoms with Gasteiger partial charge in [0.2, 0.25) is 11.8 Å². The molecular weight excluding hydrogens is 282 g/mol. The fourth-order valence-corrected chi connectivity index (χ4v) is 2.79. The lowest BCUT2D eigenvalue weighted by molar-refractivity contribution is -0.129. The van der Waals surface area contributed by atoms with Crippen LogP contribution < -0.4 is 4.74 Å². The van der Waals surface area contributed by atoms with E-state index in [0.29, 0.717) is 18.5 Å². The number of methoxy groups -OCH3 is 2. The van der Waals surface area contributed by atoms with E-state index in [2.05, 4.69) is 16.9 Å². The van der Waals surface area contributed by atoms with Gasteiger partial charge in [0.25, 0.3) is 0 Å². The maximum atomic E-state index is 12.4. The summed E-state index contributed by atoms with van der Waals surface area (Å²) in [5.74, 6) is 0.599. The highest BCUT2D eigenvalue weighted by atomic mass is 16.5. The molecule has 1 saturated heterocycles. The van der Waals surface area contributed by atoms with Gasteiger partial charge in [-0.15, -0.1) is 0 Å². The van der Waals surface area contributed by atoms with Crippen molar-refractivity contribution in [2.45, 2.75) is 25.0 Å². The lowest BCUT2D eigenvalue weighted by Crippen LogP contribution is -2.40. The summed E-state index contributed by atoms with van der Waals surface area (Å²) >= 11 is 0. The van der Waals surface area contributed by atoms with Crippen molar-refractivity contribution >= 4 is 5.91 Å². The van der Waals surface area contributed by atoms with Crippen molar-refractivity contribution in [1.29, 1.82) is 0 Å². The van der Waals surface area contributed by atoms with Crippen molar-refractivity contribution in [2.75, 3.05) is 41.4 Å². The lowest BCUT2D eigenvalue weighted by Gasteiger charge is -2.25. The van der Waals surface area contributed by atoms with Crippen molar-refractivity contribution in [3.8, 4) is 5.88 Å². The van der Waals surface area contributed by atoms with Crippen LogP contribution >= 0.6 is 0 Å². The van der Waals surface area contributed by atoms with Gasteiger partial charge in [-0.25, -0.2) is 4.98 Å². The van der Waals surface area contributed by atoms with E-state index in [9.17, 15) is 4.79 Å². The Bertz CT molecular complexity index is 509. The first kappa shape index (κ1) is 16.7. The minimum atomic E-state index is 0.0648. The third kappa shape index (κ3) is 4.18. The first-order valence-corrected chi connectivity index (χ1v) is 7.50. The van der Waals surface area contributed by atoms with Crippen LogP contribution in [0.15, 0.2) is 18.2 Å². The van der Waals surface area contributed by atoms with Gasteiger partial charge in [-0.2, -0.15) is 0 Å². The predicted octanol–water partition coefficient (Wildman–Crippen LogP) is 0.810. The molecule has 1 fully saturated rings. The molecule has 1 aliphatic rings. The Morgan fingerprint density at radius 2 is 2.23 bits per heavy atom. The molecule has 1 amide bonds. The monoisotopic (exact) mass is 307 g/mol. The normalized spacial score (nSPS) is 21.8. The zero-order chi connectivity index (χ0) is 16.1. The molecule has 122 valence electrons. The van der Waals surface area contributed by atoms with Crippen LogP contribution in [-0.2, 0) is 16.0 Å². The minimum Gasteiger partial charge on any atom is -0.481 e. The molecule has 2 atom stereocenters. The molecule has 0 aromatic carbocycles. The van der Waals surface area contributed by atoms with Gasteiger partial charge in [0.15, 0.2) is 0 Å². The van der Waals surface area contributed by atoms with Gasteiger partial charge in [0.05, 0.1) is 25.3 Å². The van der Waals surface area contributed by atoms with Crippen molar-refractivity contribution in [3.63, 3.8) is 0 Å². The van der Waals surface area contributed by atoms with Crippen molar-refractivity contribution in [1.82, 2.24) is 14.8 Å². The molecular formula is C16H25N3O3. The fraction of sp³-hybridized carbons (Fsp3) is 0.625. The number of amides is 1. The Morgan fingerprint density at radius 1 is 1.45 bits per heavy atom. The second-order valence-electron chi connectivity index (χ2n) is 5.81. The molecule has 0 spiro atoms. The van der Waals surface area contributed by atoms with Gasteiger partial charge >= 0.3 is 0 Å². The van der Waals surface area contributed by atoms with Gasteiger partial charge in [-0.05, 0) is 19.5 Å². The first-order valence-electron chi connectivity index (χ1n) is 7.50. The zero-order valence-electron chi connectivity index (χ0n) is 13.8. The van der Waals surface area contributed by atoms with E-state index in [-0.39, 0.29) is 18.4 Å². The summed E-state index contributed by atoms with van der Waals surface area (Å²) in [4.78, 5) is 20.7. The molecule has 6 heteroatoms. The van der Waals surface area contributed by atoms with E-state index in [4.69, 9.17) is 9.47 Å². The maximum absolute atomic E-state index is 12.4. The van der Waals surface area contributed by atoms with Crippen LogP contribution in [0, 0.1) is 0 Å². The highest BCUT2D eigenvalue weighted by Gasteiger charge is 2.30. The third-order valence-electron chi connectivity index (χ3n) is 4.22. The number of likely N-dealkylation sites (tertiary alicyclic amines) is 1. The van der Waals surface area contributed by atoms with Crippen LogP contribution in [0.3, 0.4) is 0 Å². The Kier molecular flexibility index (Phi) is 5.74. The zero-order valence-corrected chi connectivity index (χ0v) is 13.8. The Morgan fingerprint density at radius 3 is 2.86 bits per heavy atom. The SMILES string of the molecule is COc1cccc(CC(=O)N(C)C[C@@H]2C[C@H](OC)CN2C)n1. The number of rotatable bonds is 6. The van der Waals surface area contributed by atoms with Crippen LogP contribution in [0.2, 0.25) is 0 Å². The molecule has 0 aliphatic carbocycles. The number of carbonyl (C=O) groups excluding carboxylic acids is 1. The van der Waals surface area contributed by atoms with Crippen LogP contribution in [-0.4, -0.2) is 74.2 Å². The Hall–Kier alpha value is -1.66. The molecule has 22 heavy (non-hydrogen) atoms. The molecule has 0 bridgehead atoms. The highest BCUT2D eigenvalue weighted by molar-refractivity contribution is 5.78. The Balaban J connectivity index is 1.89.